The third kappa shape index (κ3) is 5.11. The third-order valence-corrected chi connectivity index (χ3v) is 14.3. The Morgan fingerprint density at radius 3 is 1.03 bits per heavy atom. The van der Waals surface area contributed by atoms with Crippen LogP contribution in [0, 0.1) is 27.7 Å². The van der Waals surface area contributed by atoms with Gasteiger partial charge in [-0.3, -0.25) is 0 Å². The Balaban J connectivity index is 0.000000133. The predicted octanol–water partition coefficient (Wildman–Crippen LogP) is 16.4. The standard InChI is InChI=1S/C34H28N2.C26H16N2/c1-21-23(3)35(25-11-7-5-8-12-25)33-27(21)15-17-29-30-18-16-28-22(2)24(4)36(26-13-9-6-10-14-26)34(28)32(30)20-19-31(29)33;1-3-7-21-19(5-1)25-17-9-10-18-16(15(17)11-13-23(25)27-21)12-14-24-26(18)20-6-2-4-8-22(20)28-24/h5-20H,1-4H3;1-14,27-28H. The molecule has 0 aliphatic carbocycles. The van der Waals surface area contributed by atoms with E-state index in [9.17, 15) is 0 Å². The first-order valence-electron chi connectivity index (χ1n) is 22.3. The first kappa shape index (κ1) is 36.6. The molecule has 0 spiro atoms. The van der Waals surface area contributed by atoms with Gasteiger partial charge in [0.25, 0.3) is 0 Å². The van der Waals surface area contributed by atoms with Gasteiger partial charge in [-0.2, -0.15) is 0 Å². The summed E-state index contributed by atoms with van der Waals surface area (Å²) in [6.45, 7) is 8.95. The molecule has 0 aliphatic heterocycles. The largest absolute Gasteiger partial charge is 0.354 e. The summed E-state index contributed by atoms with van der Waals surface area (Å²) in [6.07, 6.45) is 0. The highest BCUT2D eigenvalue weighted by molar-refractivity contribution is 6.29. The first-order valence-corrected chi connectivity index (χ1v) is 22.3. The van der Waals surface area contributed by atoms with E-state index in [1.807, 2.05) is 0 Å². The number of aryl methyl sites for hydroxylation is 2. The minimum Gasteiger partial charge on any atom is -0.354 e. The van der Waals surface area contributed by atoms with E-state index >= 15 is 0 Å². The zero-order chi connectivity index (χ0) is 42.8. The lowest BCUT2D eigenvalue weighted by molar-refractivity contribution is 1.04. The van der Waals surface area contributed by atoms with Gasteiger partial charge in [0, 0.05) is 87.9 Å². The summed E-state index contributed by atoms with van der Waals surface area (Å²) in [5.41, 5.74) is 15.1. The Labute approximate surface area is 369 Å². The number of aromatic nitrogens is 4. The maximum atomic E-state index is 3.56. The zero-order valence-corrected chi connectivity index (χ0v) is 36.2. The van der Waals surface area contributed by atoms with Crippen molar-refractivity contribution in [3.8, 4) is 11.4 Å². The number of rotatable bonds is 2. The second-order valence-corrected chi connectivity index (χ2v) is 17.5. The van der Waals surface area contributed by atoms with Gasteiger partial charge >= 0.3 is 0 Å². The molecule has 4 nitrogen and oxygen atoms in total. The summed E-state index contributed by atoms with van der Waals surface area (Å²) in [5.74, 6) is 0. The molecular weight excluding hydrogens is 777 g/mol. The van der Waals surface area contributed by atoms with Crippen molar-refractivity contribution < 1.29 is 0 Å². The lowest BCUT2D eigenvalue weighted by atomic mass is 9.96. The molecule has 64 heavy (non-hydrogen) atoms. The maximum Gasteiger partial charge on any atom is 0.0612 e. The molecule has 4 heteroatoms. The number of para-hydroxylation sites is 4. The molecule has 0 saturated heterocycles. The van der Waals surface area contributed by atoms with Crippen molar-refractivity contribution in [1.82, 2.24) is 19.1 Å². The summed E-state index contributed by atoms with van der Waals surface area (Å²) in [6, 6.07) is 66.1. The number of nitrogens with one attached hydrogen (secondary N) is 2. The van der Waals surface area contributed by atoms with Crippen molar-refractivity contribution >= 4 is 109 Å². The van der Waals surface area contributed by atoms with Crippen LogP contribution in [0.1, 0.15) is 22.5 Å². The van der Waals surface area contributed by atoms with Crippen LogP contribution in [0.25, 0.3) is 120 Å². The molecule has 14 aromatic rings. The van der Waals surface area contributed by atoms with Crippen molar-refractivity contribution in [3.63, 3.8) is 0 Å². The van der Waals surface area contributed by atoms with Gasteiger partial charge in [-0.05, 0) is 120 Å². The van der Waals surface area contributed by atoms with Crippen molar-refractivity contribution in [2.75, 3.05) is 0 Å². The average Bonchev–Trinajstić information content (AvgIpc) is 4.07. The van der Waals surface area contributed by atoms with Gasteiger partial charge in [0.05, 0.1) is 11.0 Å². The molecule has 4 aromatic heterocycles. The van der Waals surface area contributed by atoms with Gasteiger partial charge in [0.1, 0.15) is 0 Å². The van der Waals surface area contributed by atoms with E-state index in [0.717, 1.165) is 0 Å². The highest BCUT2D eigenvalue weighted by atomic mass is 15.0. The molecule has 0 unspecified atom stereocenters. The maximum absolute atomic E-state index is 3.56. The molecule has 0 saturated carbocycles. The Hall–Kier alpha value is -8.08. The summed E-state index contributed by atoms with van der Waals surface area (Å²) in [4.78, 5) is 7.13. The molecule has 0 bridgehead atoms. The minimum atomic E-state index is 1.19. The SMILES string of the molecule is Cc1c(C)n(-c2ccccc2)c2c1ccc1c3ccc4c(C)c(C)n(-c5ccccc5)c4c3ccc12.c1ccc2c(c1)[nH]c1ccc3c4ccc5[nH]c6ccccc6c5c4ccc3c12. The van der Waals surface area contributed by atoms with Gasteiger partial charge in [0.2, 0.25) is 0 Å². The first-order chi connectivity index (χ1) is 31.4. The highest BCUT2D eigenvalue weighted by Gasteiger charge is 2.20. The molecule has 304 valence electrons. The van der Waals surface area contributed by atoms with Crippen LogP contribution in [-0.2, 0) is 0 Å². The van der Waals surface area contributed by atoms with Crippen LogP contribution < -0.4 is 0 Å². The molecular formula is C60H44N4. The Morgan fingerprint density at radius 2 is 0.594 bits per heavy atom. The number of hydrogen-bond donors (Lipinski definition) is 2. The summed E-state index contributed by atoms with van der Waals surface area (Å²) in [5, 5.41) is 18.3. The monoisotopic (exact) mass is 820 g/mol. The molecule has 14 rings (SSSR count). The Kier molecular flexibility index (Phi) is 7.83. The second kappa shape index (κ2) is 13.7. The highest BCUT2D eigenvalue weighted by Crippen LogP contribution is 2.42. The average molecular weight is 821 g/mol. The topological polar surface area (TPSA) is 41.4 Å². The molecule has 0 atom stereocenters. The van der Waals surface area contributed by atoms with Gasteiger partial charge in [-0.1, -0.05) is 133 Å². The molecule has 4 heterocycles. The van der Waals surface area contributed by atoms with Gasteiger partial charge in [0.15, 0.2) is 0 Å². The fourth-order valence-corrected chi connectivity index (χ4v) is 11.1. The molecule has 0 aliphatic rings. The lowest BCUT2D eigenvalue weighted by Crippen LogP contribution is -1.98. The van der Waals surface area contributed by atoms with Crippen LogP contribution in [-0.4, -0.2) is 19.1 Å². The van der Waals surface area contributed by atoms with E-state index in [1.165, 1.54) is 142 Å². The summed E-state index contributed by atoms with van der Waals surface area (Å²) >= 11 is 0. The van der Waals surface area contributed by atoms with Gasteiger partial charge < -0.3 is 19.1 Å². The van der Waals surface area contributed by atoms with Crippen molar-refractivity contribution in [2.24, 2.45) is 0 Å². The molecule has 10 aromatic carbocycles. The molecule has 0 fully saturated rings. The van der Waals surface area contributed by atoms with Crippen LogP contribution in [0.5, 0.6) is 0 Å². The van der Waals surface area contributed by atoms with E-state index in [1.54, 1.807) is 0 Å². The zero-order valence-electron chi connectivity index (χ0n) is 36.2. The van der Waals surface area contributed by atoms with E-state index in [4.69, 9.17) is 0 Å². The van der Waals surface area contributed by atoms with Gasteiger partial charge in [-0.25, -0.2) is 0 Å². The third-order valence-electron chi connectivity index (χ3n) is 14.3. The second-order valence-electron chi connectivity index (χ2n) is 17.5. The van der Waals surface area contributed by atoms with E-state index in [0.29, 0.717) is 0 Å². The molecule has 2 N–H and O–H groups in total. The van der Waals surface area contributed by atoms with Crippen LogP contribution in [0.15, 0.2) is 182 Å². The van der Waals surface area contributed by atoms with E-state index in [2.05, 4.69) is 229 Å². The van der Waals surface area contributed by atoms with Crippen molar-refractivity contribution in [2.45, 2.75) is 27.7 Å². The fourth-order valence-electron chi connectivity index (χ4n) is 11.1. The van der Waals surface area contributed by atoms with Crippen LogP contribution in [0.2, 0.25) is 0 Å². The lowest BCUT2D eigenvalue weighted by Gasteiger charge is -2.14. The quantitative estimate of drug-likeness (QED) is 0.163. The predicted molar refractivity (Wildman–Crippen MR) is 274 cm³/mol. The van der Waals surface area contributed by atoms with Gasteiger partial charge in [-0.15, -0.1) is 0 Å². The van der Waals surface area contributed by atoms with E-state index < -0.39 is 0 Å². The number of aromatic amines is 2. The number of fused-ring (bicyclic) bond motifs is 18. The summed E-state index contributed by atoms with van der Waals surface area (Å²) < 4.78 is 4.86. The normalized spacial score (nSPS) is 12.1. The fraction of sp³-hybridized carbons (Fsp3) is 0.0667. The number of H-pyrrole nitrogens is 2. The van der Waals surface area contributed by atoms with Crippen LogP contribution >= 0.6 is 0 Å². The molecule has 0 radical (unpaired) electrons. The van der Waals surface area contributed by atoms with Crippen molar-refractivity contribution in [3.05, 3.63) is 205 Å². The van der Waals surface area contributed by atoms with E-state index in [-0.39, 0.29) is 0 Å². The minimum absolute atomic E-state index is 1.19. The van der Waals surface area contributed by atoms with Crippen LogP contribution in [0.4, 0.5) is 0 Å². The smallest absolute Gasteiger partial charge is 0.0612 e. The van der Waals surface area contributed by atoms with Crippen LogP contribution in [0.3, 0.4) is 0 Å². The number of nitrogens with zero attached hydrogens (tertiary/aromatic N) is 2. The Morgan fingerprint density at radius 1 is 0.266 bits per heavy atom. The number of hydrogen-bond acceptors (Lipinski definition) is 0. The summed E-state index contributed by atoms with van der Waals surface area (Å²) in [7, 11) is 0. The van der Waals surface area contributed by atoms with Crippen molar-refractivity contribution in [1.29, 1.82) is 0 Å². The Bertz CT molecular complexity index is 3940. The number of benzene rings is 10. The molecule has 0 amide bonds.